The standard InChI is InChI=1S/C14H22N4O/c1-10-6-14(17-11(2)16-10)15-7-13-8-18-5-3-4-12(18)9-19-13/h6,12-13H,3-5,7-9H2,1-2H3,(H,15,16,17). The number of aromatic nitrogens is 2. The summed E-state index contributed by atoms with van der Waals surface area (Å²) in [6, 6.07) is 2.65. The lowest BCUT2D eigenvalue weighted by molar-refractivity contribution is -0.0416. The summed E-state index contributed by atoms with van der Waals surface area (Å²) in [4.78, 5) is 11.2. The SMILES string of the molecule is Cc1cc(NCC2CN3CCCC3CO2)nc(C)n1. The Kier molecular flexibility index (Phi) is 3.66. The van der Waals surface area contributed by atoms with Gasteiger partial charge in [0.1, 0.15) is 11.6 Å². The number of ether oxygens (including phenoxy) is 1. The maximum Gasteiger partial charge on any atom is 0.130 e. The third kappa shape index (κ3) is 3.04. The van der Waals surface area contributed by atoms with Gasteiger partial charge < -0.3 is 10.1 Å². The van der Waals surface area contributed by atoms with E-state index in [1.165, 1.54) is 19.4 Å². The summed E-state index contributed by atoms with van der Waals surface area (Å²) >= 11 is 0. The molecule has 2 unspecified atom stereocenters. The van der Waals surface area contributed by atoms with Crippen LogP contribution >= 0.6 is 0 Å². The number of fused-ring (bicyclic) bond motifs is 1. The fourth-order valence-corrected chi connectivity index (χ4v) is 3.04. The molecule has 0 bridgehead atoms. The summed E-state index contributed by atoms with van der Waals surface area (Å²) in [6.07, 6.45) is 2.88. The molecule has 5 nitrogen and oxygen atoms in total. The average Bonchev–Trinajstić information content (AvgIpc) is 2.82. The van der Waals surface area contributed by atoms with Crippen LogP contribution in [0.25, 0.3) is 0 Å². The van der Waals surface area contributed by atoms with Crippen molar-refractivity contribution in [1.29, 1.82) is 0 Å². The number of nitrogens with one attached hydrogen (secondary N) is 1. The highest BCUT2D eigenvalue weighted by Gasteiger charge is 2.31. The third-order valence-electron chi connectivity index (χ3n) is 3.94. The molecule has 0 amide bonds. The first-order valence-corrected chi connectivity index (χ1v) is 7.12. The second-order valence-electron chi connectivity index (χ2n) is 5.57. The van der Waals surface area contributed by atoms with Crippen LogP contribution < -0.4 is 5.32 Å². The summed E-state index contributed by atoms with van der Waals surface area (Å²) < 4.78 is 5.93. The maximum absolute atomic E-state index is 5.93. The molecule has 19 heavy (non-hydrogen) atoms. The number of anilines is 1. The minimum atomic E-state index is 0.268. The first-order chi connectivity index (χ1) is 9.20. The highest BCUT2D eigenvalue weighted by Crippen LogP contribution is 2.22. The Bertz CT molecular complexity index is 431. The lowest BCUT2D eigenvalue weighted by Crippen LogP contribution is -2.48. The zero-order valence-corrected chi connectivity index (χ0v) is 11.7. The molecule has 2 aliphatic heterocycles. The molecule has 0 saturated carbocycles. The van der Waals surface area contributed by atoms with Crippen molar-refractivity contribution in [1.82, 2.24) is 14.9 Å². The summed E-state index contributed by atoms with van der Waals surface area (Å²) in [7, 11) is 0. The van der Waals surface area contributed by atoms with Crippen LogP contribution in [0, 0.1) is 13.8 Å². The number of hydrogen-bond acceptors (Lipinski definition) is 5. The van der Waals surface area contributed by atoms with Crippen LogP contribution in [0.15, 0.2) is 6.07 Å². The van der Waals surface area contributed by atoms with Crippen molar-refractivity contribution in [3.8, 4) is 0 Å². The van der Waals surface area contributed by atoms with Crippen molar-refractivity contribution < 1.29 is 4.74 Å². The van der Waals surface area contributed by atoms with Gasteiger partial charge in [0.15, 0.2) is 0 Å². The molecule has 0 aliphatic carbocycles. The predicted molar refractivity (Wildman–Crippen MR) is 74.3 cm³/mol. The Morgan fingerprint density at radius 2 is 2.32 bits per heavy atom. The molecule has 0 spiro atoms. The van der Waals surface area contributed by atoms with Gasteiger partial charge in [0.05, 0.1) is 12.7 Å². The maximum atomic E-state index is 5.93. The highest BCUT2D eigenvalue weighted by molar-refractivity contribution is 5.35. The van der Waals surface area contributed by atoms with E-state index in [1.54, 1.807) is 0 Å². The molecule has 0 radical (unpaired) electrons. The normalized spacial score (nSPS) is 27.3. The first kappa shape index (κ1) is 12.8. The minimum Gasteiger partial charge on any atom is -0.373 e. The average molecular weight is 262 g/mol. The fraction of sp³-hybridized carbons (Fsp3) is 0.714. The lowest BCUT2D eigenvalue weighted by atomic mass is 10.2. The van der Waals surface area contributed by atoms with Gasteiger partial charge in [0.25, 0.3) is 0 Å². The Morgan fingerprint density at radius 1 is 1.42 bits per heavy atom. The van der Waals surface area contributed by atoms with Crippen LogP contribution in [0.5, 0.6) is 0 Å². The van der Waals surface area contributed by atoms with E-state index in [-0.39, 0.29) is 6.10 Å². The second kappa shape index (κ2) is 5.43. The van der Waals surface area contributed by atoms with Gasteiger partial charge in [-0.3, -0.25) is 4.90 Å². The van der Waals surface area contributed by atoms with E-state index in [0.29, 0.717) is 6.04 Å². The fourth-order valence-electron chi connectivity index (χ4n) is 3.04. The van der Waals surface area contributed by atoms with E-state index < -0.39 is 0 Å². The van der Waals surface area contributed by atoms with Gasteiger partial charge >= 0.3 is 0 Å². The number of hydrogen-bond donors (Lipinski definition) is 1. The molecule has 1 aromatic rings. The molecule has 2 aliphatic rings. The molecule has 1 N–H and O–H groups in total. The summed E-state index contributed by atoms with van der Waals surface area (Å²) in [5, 5.41) is 3.37. The monoisotopic (exact) mass is 262 g/mol. The topological polar surface area (TPSA) is 50.3 Å². The van der Waals surface area contributed by atoms with Gasteiger partial charge in [0, 0.05) is 30.9 Å². The molecule has 0 aromatic carbocycles. The van der Waals surface area contributed by atoms with Gasteiger partial charge in [-0.1, -0.05) is 0 Å². The van der Waals surface area contributed by atoms with E-state index in [2.05, 4.69) is 20.2 Å². The number of aryl methyl sites for hydroxylation is 2. The van der Waals surface area contributed by atoms with Gasteiger partial charge in [-0.2, -0.15) is 0 Å². The van der Waals surface area contributed by atoms with Crippen LogP contribution in [0.4, 0.5) is 5.82 Å². The number of morpholine rings is 1. The quantitative estimate of drug-likeness (QED) is 0.891. The van der Waals surface area contributed by atoms with Gasteiger partial charge in [-0.25, -0.2) is 9.97 Å². The molecule has 2 saturated heterocycles. The first-order valence-electron chi connectivity index (χ1n) is 7.12. The Morgan fingerprint density at radius 3 is 3.16 bits per heavy atom. The molecular formula is C14H22N4O. The zero-order chi connectivity index (χ0) is 13.2. The third-order valence-corrected chi connectivity index (χ3v) is 3.94. The predicted octanol–water partition coefficient (Wildman–Crippen LogP) is 1.37. The highest BCUT2D eigenvalue weighted by atomic mass is 16.5. The van der Waals surface area contributed by atoms with Gasteiger partial charge in [-0.05, 0) is 33.2 Å². The van der Waals surface area contributed by atoms with Crippen molar-refractivity contribution in [2.45, 2.75) is 38.8 Å². The largest absolute Gasteiger partial charge is 0.373 e. The lowest BCUT2D eigenvalue weighted by Gasteiger charge is -2.35. The van der Waals surface area contributed by atoms with Crippen molar-refractivity contribution in [2.24, 2.45) is 0 Å². The molecule has 104 valence electrons. The van der Waals surface area contributed by atoms with E-state index in [9.17, 15) is 0 Å². The van der Waals surface area contributed by atoms with E-state index >= 15 is 0 Å². The number of rotatable bonds is 3. The van der Waals surface area contributed by atoms with Crippen molar-refractivity contribution >= 4 is 5.82 Å². The van der Waals surface area contributed by atoms with Crippen LogP contribution in [-0.4, -0.2) is 53.3 Å². The molecule has 3 heterocycles. The number of nitrogens with zero attached hydrogens (tertiary/aromatic N) is 3. The molecule has 3 rings (SSSR count). The van der Waals surface area contributed by atoms with Gasteiger partial charge in [-0.15, -0.1) is 0 Å². The molecule has 2 atom stereocenters. The zero-order valence-electron chi connectivity index (χ0n) is 11.7. The smallest absolute Gasteiger partial charge is 0.130 e. The van der Waals surface area contributed by atoms with Crippen molar-refractivity contribution in [3.05, 3.63) is 17.6 Å². The summed E-state index contributed by atoms with van der Waals surface area (Å²) in [6.45, 7) is 7.89. The summed E-state index contributed by atoms with van der Waals surface area (Å²) in [5.74, 6) is 1.71. The van der Waals surface area contributed by atoms with Crippen LogP contribution in [-0.2, 0) is 4.74 Å². The van der Waals surface area contributed by atoms with Crippen LogP contribution in [0.2, 0.25) is 0 Å². The molecular weight excluding hydrogens is 240 g/mol. The Hall–Kier alpha value is -1.20. The Labute approximate surface area is 114 Å². The van der Waals surface area contributed by atoms with E-state index in [1.807, 2.05) is 19.9 Å². The molecule has 2 fully saturated rings. The summed E-state index contributed by atoms with van der Waals surface area (Å²) in [5.41, 5.74) is 0.999. The van der Waals surface area contributed by atoms with Crippen LogP contribution in [0.3, 0.4) is 0 Å². The Balaban J connectivity index is 1.54. The van der Waals surface area contributed by atoms with E-state index in [0.717, 1.165) is 37.0 Å². The minimum absolute atomic E-state index is 0.268. The van der Waals surface area contributed by atoms with Crippen LogP contribution in [0.1, 0.15) is 24.4 Å². The van der Waals surface area contributed by atoms with Gasteiger partial charge in [0.2, 0.25) is 0 Å². The van der Waals surface area contributed by atoms with E-state index in [4.69, 9.17) is 4.74 Å². The molecule has 1 aromatic heterocycles. The van der Waals surface area contributed by atoms with Crippen molar-refractivity contribution in [3.63, 3.8) is 0 Å². The molecule has 5 heteroatoms. The van der Waals surface area contributed by atoms with Crippen molar-refractivity contribution in [2.75, 3.05) is 31.6 Å². The second-order valence-corrected chi connectivity index (χ2v) is 5.57.